The van der Waals surface area contributed by atoms with Crippen molar-refractivity contribution in [3.05, 3.63) is 39.8 Å². The third-order valence-electron chi connectivity index (χ3n) is 4.20. The largest absolute Gasteiger partial charge is 0.303 e. The van der Waals surface area contributed by atoms with E-state index in [4.69, 9.17) is 0 Å². The van der Waals surface area contributed by atoms with Crippen LogP contribution in [-0.2, 0) is 14.8 Å². The SMILES string of the molecule is CCN(CC)CCN(CC(=O)Nc1nc(C)cs1)S(=O)(=O)c1ccc(Br)cc1. The van der Waals surface area contributed by atoms with Crippen molar-refractivity contribution in [1.82, 2.24) is 14.2 Å². The zero-order valence-corrected chi connectivity index (χ0v) is 19.4. The van der Waals surface area contributed by atoms with Crippen molar-refractivity contribution in [3.8, 4) is 0 Å². The first kappa shape index (κ1) is 23.0. The van der Waals surface area contributed by atoms with Gasteiger partial charge in [-0.15, -0.1) is 11.3 Å². The van der Waals surface area contributed by atoms with Crippen LogP contribution in [0.25, 0.3) is 0 Å². The van der Waals surface area contributed by atoms with E-state index in [9.17, 15) is 13.2 Å². The van der Waals surface area contributed by atoms with Gasteiger partial charge in [0.15, 0.2) is 5.13 Å². The second-order valence-electron chi connectivity index (χ2n) is 6.16. The molecule has 1 heterocycles. The van der Waals surface area contributed by atoms with Gasteiger partial charge in [-0.2, -0.15) is 4.31 Å². The number of rotatable bonds is 10. The Morgan fingerprint density at radius 2 is 1.82 bits per heavy atom. The summed E-state index contributed by atoms with van der Waals surface area (Å²) in [7, 11) is -3.80. The Balaban J connectivity index is 2.19. The lowest BCUT2D eigenvalue weighted by atomic mass is 10.4. The smallest absolute Gasteiger partial charge is 0.243 e. The molecular weight excluding hydrogens is 464 g/mol. The Kier molecular flexibility index (Phi) is 8.56. The molecule has 0 radical (unpaired) electrons. The molecule has 28 heavy (non-hydrogen) atoms. The van der Waals surface area contributed by atoms with Gasteiger partial charge in [0.05, 0.1) is 17.1 Å². The summed E-state index contributed by atoms with van der Waals surface area (Å²) in [5, 5.41) is 4.97. The number of nitrogens with one attached hydrogen (secondary N) is 1. The first-order chi connectivity index (χ1) is 13.3. The molecule has 7 nitrogen and oxygen atoms in total. The van der Waals surface area contributed by atoms with E-state index in [1.54, 1.807) is 12.1 Å². The zero-order valence-electron chi connectivity index (χ0n) is 16.2. The first-order valence-electron chi connectivity index (χ1n) is 8.96. The zero-order chi connectivity index (χ0) is 20.7. The van der Waals surface area contributed by atoms with Gasteiger partial charge in [0.2, 0.25) is 15.9 Å². The maximum Gasteiger partial charge on any atom is 0.243 e. The van der Waals surface area contributed by atoms with Crippen LogP contribution in [0.3, 0.4) is 0 Å². The van der Waals surface area contributed by atoms with E-state index in [2.05, 4.69) is 31.1 Å². The third kappa shape index (κ3) is 6.35. The fraction of sp³-hybridized carbons (Fsp3) is 0.444. The average Bonchev–Trinajstić information content (AvgIpc) is 3.06. The van der Waals surface area contributed by atoms with Crippen LogP contribution < -0.4 is 5.32 Å². The number of hydrogen-bond acceptors (Lipinski definition) is 6. The van der Waals surface area contributed by atoms with Gasteiger partial charge in [0.25, 0.3) is 0 Å². The number of carbonyl (C=O) groups excluding carboxylic acids is 1. The lowest BCUT2D eigenvalue weighted by Gasteiger charge is -2.25. The summed E-state index contributed by atoms with van der Waals surface area (Å²) in [5.74, 6) is -0.408. The fourth-order valence-corrected chi connectivity index (χ4v) is 4.92. The molecular formula is C18H25BrN4O3S2. The predicted molar refractivity (Wildman–Crippen MR) is 116 cm³/mol. The second-order valence-corrected chi connectivity index (χ2v) is 9.87. The van der Waals surface area contributed by atoms with Crippen LogP contribution in [0.2, 0.25) is 0 Å². The van der Waals surface area contributed by atoms with Crippen molar-refractivity contribution >= 4 is 48.3 Å². The van der Waals surface area contributed by atoms with Crippen molar-refractivity contribution in [2.75, 3.05) is 38.0 Å². The summed E-state index contributed by atoms with van der Waals surface area (Å²) >= 11 is 4.62. The van der Waals surface area contributed by atoms with E-state index in [0.29, 0.717) is 11.7 Å². The molecule has 2 rings (SSSR count). The molecule has 0 aliphatic carbocycles. The average molecular weight is 489 g/mol. The second kappa shape index (κ2) is 10.4. The number of carbonyl (C=O) groups is 1. The summed E-state index contributed by atoms with van der Waals surface area (Å²) < 4.78 is 28.3. The normalized spacial score (nSPS) is 11.9. The summed E-state index contributed by atoms with van der Waals surface area (Å²) in [6.45, 7) is 8.01. The monoisotopic (exact) mass is 488 g/mol. The van der Waals surface area contributed by atoms with E-state index in [1.165, 1.54) is 27.8 Å². The number of sulfonamides is 1. The van der Waals surface area contributed by atoms with Crippen molar-refractivity contribution < 1.29 is 13.2 Å². The number of aryl methyl sites for hydroxylation is 1. The van der Waals surface area contributed by atoms with Crippen LogP contribution in [-0.4, -0.2) is 61.2 Å². The minimum atomic E-state index is -3.80. The summed E-state index contributed by atoms with van der Waals surface area (Å²) in [5.41, 5.74) is 0.807. The van der Waals surface area contributed by atoms with Gasteiger partial charge >= 0.3 is 0 Å². The quantitative estimate of drug-likeness (QED) is 0.555. The number of nitrogens with zero attached hydrogens (tertiary/aromatic N) is 3. The molecule has 0 spiro atoms. The van der Waals surface area contributed by atoms with Gasteiger partial charge in [-0.3, -0.25) is 4.79 Å². The van der Waals surface area contributed by atoms with Crippen molar-refractivity contribution in [2.24, 2.45) is 0 Å². The van der Waals surface area contributed by atoms with Crippen LogP contribution in [0.4, 0.5) is 5.13 Å². The standard InChI is InChI=1S/C18H25BrN4O3S2/c1-4-22(5-2)10-11-23(12-17(24)21-18-20-14(3)13-27-18)28(25,26)16-8-6-15(19)7-9-16/h6-9,13H,4-5,10-12H2,1-3H3,(H,20,21,24). The molecule has 1 N–H and O–H groups in total. The topological polar surface area (TPSA) is 82.6 Å². The Bertz CT molecular complexity index is 880. The molecule has 2 aromatic rings. The minimum absolute atomic E-state index is 0.160. The first-order valence-corrected chi connectivity index (χ1v) is 12.1. The number of anilines is 1. The molecule has 154 valence electrons. The van der Waals surface area contributed by atoms with Gasteiger partial charge < -0.3 is 10.2 Å². The highest BCUT2D eigenvalue weighted by atomic mass is 79.9. The van der Waals surface area contributed by atoms with Gasteiger partial charge in [0, 0.05) is 22.9 Å². The molecule has 0 aliphatic rings. The van der Waals surface area contributed by atoms with Gasteiger partial charge in [-0.25, -0.2) is 13.4 Å². The molecule has 1 amide bonds. The third-order valence-corrected chi connectivity index (χ3v) is 7.46. The highest BCUT2D eigenvalue weighted by molar-refractivity contribution is 9.10. The number of thiazole rings is 1. The molecule has 10 heteroatoms. The number of benzene rings is 1. The lowest BCUT2D eigenvalue weighted by molar-refractivity contribution is -0.116. The molecule has 0 saturated carbocycles. The highest BCUT2D eigenvalue weighted by Gasteiger charge is 2.27. The Morgan fingerprint density at radius 1 is 1.18 bits per heavy atom. The van der Waals surface area contributed by atoms with E-state index in [1.807, 2.05) is 26.2 Å². The van der Waals surface area contributed by atoms with E-state index >= 15 is 0 Å². The number of hydrogen-bond donors (Lipinski definition) is 1. The fourth-order valence-electron chi connectivity index (χ4n) is 2.56. The Morgan fingerprint density at radius 3 is 2.36 bits per heavy atom. The molecule has 0 bridgehead atoms. The maximum absolute atomic E-state index is 13.1. The van der Waals surface area contributed by atoms with Crippen LogP contribution in [0.15, 0.2) is 39.0 Å². The van der Waals surface area contributed by atoms with Crippen molar-refractivity contribution in [2.45, 2.75) is 25.7 Å². The van der Waals surface area contributed by atoms with E-state index < -0.39 is 15.9 Å². The van der Waals surface area contributed by atoms with Crippen LogP contribution in [0.5, 0.6) is 0 Å². The number of amides is 1. The van der Waals surface area contributed by atoms with Gasteiger partial charge in [-0.05, 0) is 44.3 Å². The summed E-state index contributed by atoms with van der Waals surface area (Å²) in [6, 6.07) is 6.42. The molecule has 1 aromatic carbocycles. The number of likely N-dealkylation sites (N-methyl/N-ethyl adjacent to an activating group) is 1. The van der Waals surface area contributed by atoms with Crippen molar-refractivity contribution in [3.63, 3.8) is 0 Å². The van der Waals surface area contributed by atoms with E-state index in [-0.39, 0.29) is 18.0 Å². The predicted octanol–water partition coefficient (Wildman–Crippen LogP) is 3.19. The molecule has 0 unspecified atom stereocenters. The Hall–Kier alpha value is -1.33. The molecule has 0 saturated heterocycles. The summed E-state index contributed by atoms with van der Waals surface area (Å²) in [6.07, 6.45) is 0. The minimum Gasteiger partial charge on any atom is -0.303 e. The van der Waals surface area contributed by atoms with E-state index in [0.717, 1.165) is 23.3 Å². The van der Waals surface area contributed by atoms with Crippen molar-refractivity contribution in [1.29, 1.82) is 0 Å². The molecule has 1 aromatic heterocycles. The number of aromatic nitrogens is 1. The summed E-state index contributed by atoms with van der Waals surface area (Å²) in [4.78, 5) is 18.9. The lowest BCUT2D eigenvalue weighted by Crippen LogP contribution is -2.42. The van der Waals surface area contributed by atoms with Crippen LogP contribution in [0, 0.1) is 6.92 Å². The van der Waals surface area contributed by atoms with Gasteiger partial charge in [0.1, 0.15) is 0 Å². The maximum atomic E-state index is 13.1. The molecule has 0 fully saturated rings. The Labute approximate surface area is 178 Å². The van der Waals surface area contributed by atoms with Gasteiger partial charge in [-0.1, -0.05) is 29.8 Å². The number of halogens is 1. The molecule has 0 aliphatic heterocycles. The molecule has 0 atom stereocenters. The van der Waals surface area contributed by atoms with Crippen LogP contribution >= 0.6 is 27.3 Å². The highest BCUT2D eigenvalue weighted by Crippen LogP contribution is 2.20. The van der Waals surface area contributed by atoms with Crippen LogP contribution in [0.1, 0.15) is 19.5 Å².